The molecule has 0 saturated heterocycles. The predicted octanol–water partition coefficient (Wildman–Crippen LogP) is 3.92. The topological polar surface area (TPSA) is 84.6 Å². The molecule has 2 aromatic rings. The number of nitrogens with two attached hydrogens (primary N) is 1. The highest BCUT2D eigenvalue weighted by atomic mass is 16.5. The molecule has 0 fully saturated rings. The molecule has 5 heteroatoms. The van der Waals surface area contributed by atoms with Gasteiger partial charge < -0.3 is 20.9 Å². The molecule has 0 unspecified atom stereocenters. The van der Waals surface area contributed by atoms with Crippen molar-refractivity contribution < 1.29 is 14.6 Å². The molecule has 1 amide bonds. The average Bonchev–Trinajstić information content (AvgIpc) is 2.55. The summed E-state index contributed by atoms with van der Waals surface area (Å²) in [6, 6.07) is 17.3. The van der Waals surface area contributed by atoms with Gasteiger partial charge in [-0.25, -0.2) is 4.79 Å². The Labute approximate surface area is 136 Å². The summed E-state index contributed by atoms with van der Waals surface area (Å²) >= 11 is 0. The SMILES string of the molecule is N[C@@H](CCCCNC(=O)O)c1cccc(Oc2ccccc2)c1. The Morgan fingerprint density at radius 2 is 1.83 bits per heavy atom. The number of unbranched alkanes of at least 4 members (excludes halogenated alkanes) is 1. The summed E-state index contributed by atoms with van der Waals surface area (Å²) in [6.07, 6.45) is 1.46. The Hall–Kier alpha value is -2.53. The van der Waals surface area contributed by atoms with Gasteiger partial charge in [-0.1, -0.05) is 30.3 Å². The normalized spacial score (nSPS) is 11.7. The van der Waals surface area contributed by atoms with Gasteiger partial charge in [0.2, 0.25) is 0 Å². The molecule has 0 aromatic heterocycles. The summed E-state index contributed by atoms with van der Waals surface area (Å²) in [7, 11) is 0. The minimum Gasteiger partial charge on any atom is -0.465 e. The fourth-order valence-electron chi connectivity index (χ4n) is 2.28. The van der Waals surface area contributed by atoms with E-state index in [9.17, 15) is 4.79 Å². The smallest absolute Gasteiger partial charge is 0.404 e. The molecule has 0 saturated carbocycles. The molecule has 5 nitrogen and oxygen atoms in total. The number of carboxylic acid groups (broad SMARTS) is 1. The van der Waals surface area contributed by atoms with Crippen LogP contribution in [-0.2, 0) is 0 Å². The van der Waals surface area contributed by atoms with Crippen LogP contribution in [0, 0.1) is 0 Å². The number of carbonyl (C=O) groups is 1. The number of benzene rings is 2. The molecular formula is C18H22N2O3. The van der Waals surface area contributed by atoms with Crippen LogP contribution in [0.15, 0.2) is 54.6 Å². The minimum atomic E-state index is -0.986. The third kappa shape index (κ3) is 6.00. The summed E-state index contributed by atoms with van der Waals surface area (Å²) in [5.41, 5.74) is 7.23. The zero-order valence-corrected chi connectivity index (χ0v) is 12.9. The molecule has 0 spiro atoms. The second-order valence-electron chi connectivity index (χ2n) is 5.32. The van der Waals surface area contributed by atoms with Crippen LogP contribution in [0.25, 0.3) is 0 Å². The van der Waals surface area contributed by atoms with Crippen LogP contribution in [-0.4, -0.2) is 17.7 Å². The first-order chi connectivity index (χ1) is 11.1. The van der Waals surface area contributed by atoms with E-state index >= 15 is 0 Å². The minimum absolute atomic E-state index is 0.0841. The number of ether oxygens (including phenoxy) is 1. The van der Waals surface area contributed by atoms with Gasteiger partial charge in [-0.05, 0) is 49.1 Å². The Morgan fingerprint density at radius 1 is 1.09 bits per heavy atom. The van der Waals surface area contributed by atoms with Crippen LogP contribution < -0.4 is 15.8 Å². The molecular weight excluding hydrogens is 292 g/mol. The van der Waals surface area contributed by atoms with E-state index < -0.39 is 6.09 Å². The molecule has 0 heterocycles. The molecule has 0 radical (unpaired) electrons. The number of hydrogen-bond donors (Lipinski definition) is 3. The lowest BCUT2D eigenvalue weighted by molar-refractivity contribution is 0.194. The highest BCUT2D eigenvalue weighted by Gasteiger charge is 2.07. The first kappa shape index (κ1) is 16.8. The van der Waals surface area contributed by atoms with Gasteiger partial charge in [0.1, 0.15) is 11.5 Å². The summed E-state index contributed by atoms with van der Waals surface area (Å²) in [6.45, 7) is 0.458. The average molecular weight is 314 g/mol. The van der Waals surface area contributed by atoms with Crippen molar-refractivity contribution in [1.82, 2.24) is 5.32 Å². The number of para-hydroxylation sites is 1. The summed E-state index contributed by atoms with van der Waals surface area (Å²) in [5, 5.41) is 10.9. The molecule has 4 N–H and O–H groups in total. The molecule has 122 valence electrons. The standard InChI is InChI=1S/C18H22N2O3/c19-17(11-4-5-12-20-18(21)22)14-7-6-10-16(13-14)23-15-8-2-1-3-9-15/h1-3,6-10,13,17,20H,4-5,11-12,19H2,(H,21,22)/t17-/m0/s1. The van der Waals surface area contributed by atoms with Gasteiger partial charge in [-0.2, -0.15) is 0 Å². The van der Waals surface area contributed by atoms with E-state index in [1.165, 1.54) is 0 Å². The fourth-order valence-corrected chi connectivity index (χ4v) is 2.28. The van der Waals surface area contributed by atoms with Gasteiger partial charge in [-0.3, -0.25) is 0 Å². The highest BCUT2D eigenvalue weighted by molar-refractivity contribution is 5.64. The van der Waals surface area contributed by atoms with Crippen LogP contribution in [0.1, 0.15) is 30.9 Å². The van der Waals surface area contributed by atoms with E-state index in [-0.39, 0.29) is 6.04 Å². The van der Waals surface area contributed by atoms with Crippen LogP contribution in [0.3, 0.4) is 0 Å². The number of nitrogens with one attached hydrogen (secondary N) is 1. The van der Waals surface area contributed by atoms with Crippen molar-refractivity contribution in [1.29, 1.82) is 0 Å². The van der Waals surface area contributed by atoms with Crippen molar-refractivity contribution in [3.63, 3.8) is 0 Å². The van der Waals surface area contributed by atoms with E-state index in [1.807, 2.05) is 54.6 Å². The lowest BCUT2D eigenvalue weighted by Crippen LogP contribution is -2.22. The van der Waals surface area contributed by atoms with Crippen molar-refractivity contribution in [2.75, 3.05) is 6.54 Å². The molecule has 0 aliphatic rings. The Bertz CT molecular complexity index is 617. The van der Waals surface area contributed by atoms with Crippen molar-refractivity contribution >= 4 is 6.09 Å². The molecule has 0 bridgehead atoms. The maximum absolute atomic E-state index is 10.4. The summed E-state index contributed by atoms with van der Waals surface area (Å²) in [5.74, 6) is 1.55. The second-order valence-corrected chi connectivity index (χ2v) is 5.32. The number of amides is 1. The predicted molar refractivity (Wildman–Crippen MR) is 89.8 cm³/mol. The molecule has 0 aliphatic carbocycles. The Kier molecular flexibility index (Phi) is 6.44. The largest absolute Gasteiger partial charge is 0.465 e. The summed E-state index contributed by atoms with van der Waals surface area (Å²) in [4.78, 5) is 10.4. The zero-order valence-electron chi connectivity index (χ0n) is 12.9. The summed E-state index contributed by atoms with van der Waals surface area (Å²) < 4.78 is 5.81. The van der Waals surface area contributed by atoms with Crippen molar-refractivity contribution in [3.8, 4) is 11.5 Å². The molecule has 2 rings (SSSR count). The molecule has 0 aliphatic heterocycles. The third-order valence-corrected chi connectivity index (χ3v) is 3.48. The van der Waals surface area contributed by atoms with Gasteiger partial charge in [0.15, 0.2) is 0 Å². The van der Waals surface area contributed by atoms with Gasteiger partial charge in [0.25, 0.3) is 0 Å². The van der Waals surface area contributed by atoms with E-state index in [2.05, 4.69) is 5.32 Å². The molecule has 1 atom stereocenters. The third-order valence-electron chi connectivity index (χ3n) is 3.48. The van der Waals surface area contributed by atoms with Crippen LogP contribution in [0.5, 0.6) is 11.5 Å². The van der Waals surface area contributed by atoms with Crippen molar-refractivity contribution in [2.45, 2.75) is 25.3 Å². The van der Waals surface area contributed by atoms with Crippen LogP contribution in [0.4, 0.5) is 4.79 Å². The van der Waals surface area contributed by atoms with Crippen LogP contribution >= 0.6 is 0 Å². The highest BCUT2D eigenvalue weighted by Crippen LogP contribution is 2.25. The number of hydrogen-bond acceptors (Lipinski definition) is 3. The fraction of sp³-hybridized carbons (Fsp3) is 0.278. The van der Waals surface area contributed by atoms with E-state index in [0.29, 0.717) is 6.54 Å². The van der Waals surface area contributed by atoms with Gasteiger partial charge in [0.05, 0.1) is 0 Å². The zero-order chi connectivity index (χ0) is 16.5. The molecule has 2 aromatic carbocycles. The maximum atomic E-state index is 10.4. The Morgan fingerprint density at radius 3 is 2.57 bits per heavy atom. The van der Waals surface area contributed by atoms with Gasteiger partial charge in [0, 0.05) is 12.6 Å². The number of rotatable bonds is 8. The lowest BCUT2D eigenvalue weighted by atomic mass is 10.0. The van der Waals surface area contributed by atoms with Crippen molar-refractivity contribution in [2.24, 2.45) is 5.73 Å². The quantitative estimate of drug-likeness (QED) is 0.645. The molecule has 23 heavy (non-hydrogen) atoms. The monoisotopic (exact) mass is 314 g/mol. The van der Waals surface area contributed by atoms with Gasteiger partial charge in [-0.15, -0.1) is 0 Å². The van der Waals surface area contributed by atoms with E-state index in [4.69, 9.17) is 15.6 Å². The Balaban J connectivity index is 1.85. The van der Waals surface area contributed by atoms with Gasteiger partial charge >= 0.3 is 6.09 Å². The van der Waals surface area contributed by atoms with E-state index in [1.54, 1.807) is 0 Å². The second kappa shape index (κ2) is 8.80. The van der Waals surface area contributed by atoms with Crippen LogP contribution in [0.2, 0.25) is 0 Å². The van der Waals surface area contributed by atoms with Crippen molar-refractivity contribution in [3.05, 3.63) is 60.2 Å². The maximum Gasteiger partial charge on any atom is 0.404 e. The lowest BCUT2D eigenvalue weighted by Gasteiger charge is -2.14. The first-order valence-corrected chi connectivity index (χ1v) is 7.70. The van der Waals surface area contributed by atoms with E-state index in [0.717, 1.165) is 36.3 Å². The first-order valence-electron chi connectivity index (χ1n) is 7.70.